The van der Waals surface area contributed by atoms with E-state index in [0.717, 1.165) is 0 Å². The molecule has 0 fully saturated rings. The van der Waals surface area contributed by atoms with Gasteiger partial charge in [0.2, 0.25) is 5.75 Å². The molecule has 0 unspecified atom stereocenters. The Bertz CT molecular complexity index is 993. The molecule has 0 atom stereocenters. The number of halogens is 3. The summed E-state index contributed by atoms with van der Waals surface area (Å²) in [4.78, 5) is 35.6. The summed E-state index contributed by atoms with van der Waals surface area (Å²) in [5.41, 5.74) is -1.67. The molecule has 168 valence electrons. The van der Waals surface area contributed by atoms with Crippen molar-refractivity contribution in [1.82, 2.24) is 4.57 Å². The number of hydrogen-bond donors (Lipinski definition) is 1. The number of carbonyl (C=O) groups is 2. The summed E-state index contributed by atoms with van der Waals surface area (Å²) in [7, 11) is 4.19. The van der Waals surface area contributed by atoms with E-state index < -0.39 is 42.3 Å². The van der Waals surface area contributed by atoms with E-state index in [-0.39, 0.29) is 17.2 Å². The third-order valence-electron chi connectivity index (χ3n) is 3.92. The van der Waals surface area contributed by atoms with Gasteiger partial charge in [-0.25, -0.2) is 0 Å². The van der Waals surface area contributed by atoms with Crippen LogP contribution >= 0.6 is 0 Å². The lowest BCUT2D eigenvalue weighted by Crippen LogP contribution is -2.28. The van der Waals surface area contributed by atoms with Crippen molar-refractivity contribution in [2.45, 2.75) is 12.7 Å². The fourth-order valence-electron chi connectivity index (χ4n) is 2.50. The van der Waals surface area contributed by atoms with Crippen molar-refractivity contribution >= 4 is 17.6 Å². The summed E-state index contributed by atoms with van der Waals surface area (Å²) in [5.74, 6) is -0.947. The van der Waals surface area contributed by atoms with Crippen molar-refractivity contribution in [2.24, 2.45) is 0 Å². The number of benzene rings is 1. The average molecular weight is 444 g/mol. The summed E-state index contributed by atoms with van der Waals surface area (Å²) < 4.78 is 59.0. The molecule has 0 radical (unpaired) electrons. The van der Waals surface area contributed by atoms with Gasteiger partial charge in [-0.15, -0.1) is 0 Å². The Balaban J connectivity index is 2.01. The number of alkyl halides is 3. The summed E-state index contributed by atoms with van der Waals surface area (Å²) in [6.45, 7) is -1.52. The van der Waals surface area contributed by atoms with Crippen LogP contribution in [0.1, 0.15) is 5.56 Å². The molecule has 0 aliphatic heterocycles. The Morgan fingerprint density at radius 2 is 1.65 bits per heavy atom. The summed E-state index contributed by atoms with van der Waals surface area (Å²) >= 11 is 0. The number of anilines is 1. The average Bonchev–Trinajstić information content (AvgIpc) is 2.72. The second kappa shape index (κ2) is 9.87. The van der Waals surface area contributed by atoms with Crippen LogP contribution in [0.4, 0.5) is 18.9 Å². The number of carbonyl (C=O) groups excluding carboxylic acids is 2. The van der Waals surface area contributed by atoms with E-state index in [1.807, 2.05) is 0 Å². The molecule has 2 aromatic rings. The number of nitrogens with one attached hydrogen (secondary N) is 1. The molecule has 0 spiro atoms. The Morgan fingerprint density at radius 3 is 2.16 bits per heavy atom. The number of ether oxygens (including phenoxy) is 4. The lowest BCUT2D eigenvalue weighted by Gasteiger charge is -2.14. The van der Waals surface area contributed by atoms with Crippen LogP contribution in [0.25, 0.3) is 0 Å². The first-order valence-corrected chi connectivity index (χ1v) is 8.62. The molecule has 1 heterocycles. The maximum Gasteiger partial charge on any atom is 0.417 e. The van der Waals surface area contributed by atoms with E-state index in [1.54, 1.807) is 0 Å². The Morgan fingerprint density at radius 1 is 1.03 bits per heavy atom. The van der Waals surface area contributed by atoms with Crippen molar-refractivity contribution < 1.29 is 41.7 Å². The minimum absolute atomic E-state index is 0.254. The van der Waals surface area contributed by atoms with Crippen LogP contribution in [-0.4, -0.2) is 44.4 Å². The first-order valence-electron chi connectivity index (χ1n) is 8.62. The molecular formula is C19H19F3N2O7. The predicted octanol–water partition coefficient (Wildman–Crippen LogP) is 2.07. The summed E-state index contributed by atoms with van der Waals surface area (Å²) in [6.07, 6.45) is -4.18. The molecular weight excluding hydrogens is 425 g/mol. The number of nitrogens with zero attached hydrogens (tertiary/aromatic N) is 1. The van der Waals surface area contributed by atoms with Gasteiger partial charge in [-0.2, -0.15) is 13.2 Å². The van der Waals surface area contributed by atoms with Crippen molar-refractivity contribution in [3.63, 3.8) is 0 Å². The molecule has 31 heavy (non-hydrogen) atoms. The molecule has 0 saturated heterocycles. The van der Waals surface area contributed by atoms with E-state index in [4.69, 9.17) is 18.9 Å². The van der Waals surface area contributed by atoms with Gasteiger partial charge in [0.1, 0.15) is 6.54 Å². The fraction of sp³-hybridized carbons (Fsp3) is 0.316. The van der Waals surface area contributed by atoms with E-state index in [0.29, 0.717) is 28.6 Å². The smallest absolute Gasteiger partial charge is 0.417 e. The largest absolute Gasteiger partial charge is 0.493 e. The van der Waals surface area contributed by atoms with Gasteiger partial charge >= 0.3 is 12.1 Å². The highest BCUT2D eigenvalue weighted by molar-refractivity contribution is 5.93. The first-order chi connectivity index (χ1) is 14.6. The zero-order chi connectivity index (χ0) is 23.2. The highest BCUT2D eigenvalue weighted by Crippen LogP contribution is 2.39. The number of aromatic nitrogens is 1. The van der Waals surface area contributed by atoms with Gasteiger partial charge in [-0.3, -0.25) is 14.4 Å². The molecule has 0 aliphatic rings. The second-order valence-corrected chi connectivity index (χ2v) is 6.00. The van der Waals surface area contributed by atoms with E-state index in [9.17, 15) is 27.6 Å². The SMILES string of the molecule is COc1cc(NC(=O)COC(=O)Cn2cc(C(F)(F)F)ccc2=O)cc(OC)c1OC. The summed E-state index contributed by atoms with van der Waals surface area (Å²) in [6, 6.07) is 4.19. The fourth-order valence-corrected chi connectivity index (χ4v) is 2.50. The molecule has 0 aliphatic carbocycles. The van der Waals surface area contributed by atoms with Crippen LogP contribution in [0.15, 0.2) is 35.3 Å². The molecule has 1 amide bonds. The van der Waals surface area contributed by atoms with Crippen molar-refractivity contribution in [3.8, 4) is 17.2 Å². The van der Waals surface area contributed by atoms with Crippen molar-refractivity contribution in [3.05, 3.63) is 46.4 Å². The molecule has 1 aromatic heterocycles. The highest BCUT2D eigenvalue weighted by Gasteiger charge is 2.31. The Hall–Kier alpha value is -3.70. The van der Waals surface area contributed by atoms with Crippen LogP contribution < -0.4 is 25.1 Å². The Labute approximate surface area is 174 Å². The third kappa shape index (κ3) is 6.14. The minimum atomic E-state index is -4.68. The van der Waals surface area contributed by atoms with Gasteiger partial charge in [0.25, 0.3) is 11.5 Å². The number of esters is 1. The normalized spacial score (nSPS) is 10.9. The zero-order valence-corrected chi connectivity index (χ0v) is 16.7. The van der Waals surface area contributed by atoms with Gasteiger partial charge in [0, 0.05) is 30.1 Å². The predicted molar refractivity (Wildman–Crippen MR) is 101 cm³/mol. The van der Waals surface area contributed by atoms with Gasteiger partial charge in [-0.1, -0.05) is 0 Å². The third-order valence-corrected chi connectivity index (χ3v) is 3.92. The lowest BCUT2D eigenvalue weighted by molar-refractivity contribution is -0.148. The topological polar surface area (TPSA) is 105 Å². The van der Waals surface area contributed by atoms with Gasteiger partial charge in [-0.05, 0) is 6.07 Å². The maximum atomic E-state index is 12.7. The van der Waals surface area contributed by atoms with Gasteiger partial charge in [0.05, 0.1) is 26.9 Å². The quantitative estimate of drug-likeness (QED) is 0.622. The molecule has 9 nitrogen and oxygen atoms in total. The number of rotatable bonds is 8. The van der Waals surface area contributed by atoms with Crippen LogP contribution in [0, 0.1) is 0 Å². The van der Waals surface area contributed by atoms with Gasteiger partial charge in [0.15, 0.2) is 18.1 Å². The van der Waals surface area contributed by atoms with Crippen LogP contribution in [-0.2, 0) is 27.0 Å². The van der Waals surface area contributed by atoms with Crippen molar-refractivity contribution in [2.75, 3.05) is 33.3 Å². The minimum Gasteiger partial charge on any atom is -0.493 e. The van der Waals surface area contributed by atoms with Crippen LogP contribution in [0.2, 0.25) is 0 Å². The number of hydrogen-bond acceptors (Lipinski definition) is 7. The molecule has 1 aromatic carbocycles. The molecule has 1 N–H and O–H groups in total. The number of methoxy groups -OCH3 is 3. The maximum absolute atomic E-state index is 12.7. The lowest BCUT2D eigenvalue weighted by atomic mass is 10.2. The summed E-state index contributed by atoms with van der Waals surface area (Å²) in [5, 5.41) is 2.45. The number of amides is 1. The highest BCUT2D eigenvalue weighted by atomic mass is 19.4. The Kier molecular flexibility index (Phi) is 7.51. The molecule has 0 saturated carbocycles. The first kappa shape index (κ1) is 23.6. The van der Waals surface area contributed by atoms with Crippen LogP contribution in [0.5, 0.6) is 17.2 Å². The second-order valence-electron chi connectivity index (χ2n) is 6.00. The molecule has 2 rings (SSSR count). The monoisotopic (exact) mass is 444 g/mol. The zero-order valence-electron chi connectivity index (χ0n) is 16.7. The molecule has 0 bridgehead atoms. The standard InChI is InChI=1S/C19H19F3N2O7/c1-28-13-6-12(7-14(29-2)18(13)30-3)23-15(25)10-31-17(27)9-24-8-11(19(20,21)22)4-5-16(24)26/h4-8H,9-10H2,1-3H3,(H,23,25). The molecule has 12 heteroatoms. The van der Waals surface area contributed by atoms with E-state index in [1.165, 1.54) is 33.5 Å². The van der Waals surface area contributed by atoms with Gasteiger partial charge < -0.3 is 28.8 Å². The van der Waals surface area contributed by atoms with Crippen molar-refractivity contribution in [1.29, 1.82) is 0 Å². The van der Waals surface area contributed by atoms with E-state index in [2.05, 4.69) is 5.32 Å². The van der Waals surface area contributed by atoms with Crippen LogP contribution in [0.3, 0.4) is 0 Å². The van der Waals surface area contributed by atoms with E-state index >= 15 is 0 Å². The number of pyridine rings is 1.